The molecule has 116 valence electrons. The molecule has 1 aliphatic rings. The summed E-state index contributed by atoms with van der Waals surface area (Å²) in [5, 5.41) is 9.20. The summed E-state index contributed by atoms with van der Waals surface area (Å²) in [5.74, 6) is -0.959. The lowest BCUT2D eigenvalue weighted by Crippen LogP contribution is -2.50. The Morgan fingerprint density at radius 3 is 2.67 bits per heavy atom. The molecule has 0 aromatic heterocycles. The first kappa shape index (κ1) is 15.7. The van der Waals surface area contributed by atoms with E-state index in [0.29, 0.717) is 25.4 Å². The van der Waals surface area contributed by atoms with Gasteiger partial charge in [-0.1, -0.05) is 6.92 Å². The van der Waals surface area contributed by atoms with Crippen LogP contribution in [0.15, 0.2) is 29.2 Å². The molecule has 0 bridgehead atoms. The molecule has 1 aromatic rings. The monoisotopic (exact) mass is 314 g/mol. The van der Waals surface area contributed by atoms with Crippen LogP contribution >= 0.6 is 0 Å². The smallest absolute Gasteiger partial charge is 0.328 e. The molecule has 0 amide bonds. The molecular weight excluding hydrogens is 296 g/mol. The summed E-state index contributed by atoms with van der Waals surface area (Å²) < 4.78 is 31.3. The van der Waals surface area contributed by atoms with Gasteiger partial charge in [-0.3, -0.25) is 0 Å². The predicted molar refractivity (Wildman–Crippen MR) is 76.9 cm³/mol. The van der Waals surface area contributed by atoms with Crippen molar-refractivity contribution in [1.29, 1.82) is 0 Å². The highest BCUT2D eigenvalue weighted by molar-refractivity contribution is 7.89. The topological polar surface area (TPSA) is 95.9 Å². The second-order valence-corrected chi connectivity index (χ2v) is 6.38. The number of anilines is 1. The van der Waals surface area contributed by atoms with Crippen LogP contribution in [0.1, 0.15) is 6.92 Å². The fourth-order valence-corrected chi connectivity index (χ4v) is 3.25. The Hall–Kier alpha value is -1.64. The number of carboxylic acids is 1. The molecule has 8 heteroatoms. The van der Waals surface area contributed by atoms with E-state index in [0.717, 1.165) is 0 Å². The van der Waals surface area contributed by atoms with Crippen LogP contribution in [0.25, 0.3) is 0 Å². The minimum atomic E-state index is -3.50. The van der Waals surface area contributed by atoms with Crippen LogP contribution in [0.3, 0.4) is 0 Å². The summed E-state index contributed by atoms with van der Waals surface area (Å²) in [4.78, 5) is 13.1. The van der Waals surface area contributed by atoms with Crippen molar-refractivity contribution in [3.05, 3.63) is 24.3 Å². The summed E-state index contributed by atoms with van der Waals surface area (Å²) in [5.41, 5.74) is 0.668. The molecule has 1 aromatic carbocycles. The molecule has 1 heterocycles. The van der Waals surface area contributed by atoms with E-state index in [9.17, 15) is 18.3 Å². The van der Waals surface area contributed by atoms with E-state index in [4.69, 9.17) is 4.74 Å². The number of hydrogen-bond acceptors (Lipinski definition) is 5. The summed E-state index contributed by atoms with van der Waals surface area (Å²) >= 11 is 0. The number of carboxylic acid groups (broad SMARTS) is 1. The van der Waals surface area contributed by atoms with Crippen LogP contribution in [0, 0.1) is 0 Å². The van der Waals surface area contributed by atoms with E-state index in [2.05, 4.69) is 4.72 Å². The Morgan fingerprint density at radius 1 is 1.43 bits per heavy atom. The van der Waals surface area contributed by atoms with Crippen LogP contribution in [-0.4, -0.2) is 51.8 Å². The van der Waals surface area contributed by atoms with E-state index in [1.54, 1.807) is 24.0 Å². The van der Waals surface area contributed by atoms with E-state index in [1.165, 1.54) is 12.1 Å². The molecule has 0 spiro atoms. The normalized spacial score (nSPS) is 19.5. The van der Waals surface area contributed by atoms with Crippen molar-refractivity contribution in [1.82, 2.24) is 4.72 Å². The minimum Gasteiger partial charge on any atom is -0.480 e. The minimum absolute atomic E-state index is 0.118. The van der Waals surface area contributed by atoms with Gasteiger partial charge in [0.2, 0.25) is 10.0 Å². The van der Waals surface area contributed by atoms with Crippen molar-refractivity contribution in [2.75, 3.05) is 31.2 Å². The fraction of sp³-hybridized carbons (Fsp3) is 0.462. The van der Waals surface area contributed by atoms with Gasteiger partial charge in [-0.15, -0.1) is 0 Å². The number of nitrogens with one attached hydrogen (secondary N) is 1. The van der Waals surface area contributed by atoms with Gasteiger partial charge in [0.15, 0.2) is 6.04 Å². The van der Waals surface area contributed by atoms with Crippen LogP contribution < -0.4 is 9.62 Å². The zero-order valence-electron chi connectivity index (χ0n) is 11.7. The lowest BCUT2D eigenvalue weighted by atomic mass is 10.2. The molecule has 2 N–H and O–H groups in total. The summed E-state index contributed by atoms with van der Waals surface area (Å²) in [7, 11) is -3.50. The van der Waals surface area contributed by atoms with Crippen molar-refractivity contribution in [3.63, 3.8) is 0 Å². The van der Waals surface area contributed by atoms with Crippen molar-refractivity contribution < 1.29 is 23.1 Å². The Morgan fingerprint density at radius 2 is 2.10 bits per heavy atom. The number of morpholine rings is 1. The van der Waals surface area contributed by atoms with Crippen LogP contribution in [0.4, 0.5) is 5.69 Å². The van der Waals surface area contributed by atoms with Gasteiger partial charge in [0.25, 0.3) is 0 Å². The maximum atomic E-state index is 11.9. The number of ether oxygens (including phenoxy) is 1. The first-order chi connectivity index (χ1) is 9.95. The number of rotatable bonds is 5. The molecular formula is C13H18N2O5S. The van der Waals surface area contributed by atoms with Gasteiger partial charge < -0.3 is 14.7 Å². The van der Waals surface area contributed by atoms with Gasteiger partial charge in [-0.2, -0.15) is 0 Å². The Balaban J connectivity index is 2.24. The van der Waals surface area contributed by atoms with Crippen molar-refractivity contribution in [2.24, 2.45) is 0 Å². The molecule has 1 unspecified atom stereocenters. The highest BCUT2D eigenvalue weighted by Crippen LogP contribution is 2.22. The quantitative estimate of drug-likeness (QED) is 0.810. The van der Waals surface area contributed by atoms with Crippen molar-refractivity contribution >= 4 is 21.7 Å². The number of benzene rings is 1. The first-order valence-corrected chi connectivity index (χ1v) is 8.11. The number of nitrogens with zero attached hydrogens (tertiary/aromatic N) is 1. The van der Waals surface area contributed by atoms with Gasteiger partial charge in [0, 0.05) is 18.8 Å². The van der Waals surface area contributed by atoms with Gasteiger partial charge in [-0.25, -0.2) is 17.9 Å². The number of hydrogen-bond donors (Lipinski definition) is 2. The number of sulfonamides is 1. The first-order valence-electron chi connectivity index (χ1n) is 6.62. The third-order valence-corrected chi connectivity index (χ3v) is 4.79. The average molecular weight is 314 g/mol. The fourth-order valence-electron chi connectivity index (χ4n) is 2.21. The van der Waals surface area contributed by atoms with Gasteiger partial charge in [0.05, 0.1) is 18.1 Å². The van der Waals surface area contributed by atoms with Gasteiger partial charge >= 0.3 is 5.97 Å². The maximum absolute atomic E-state index is 11.9. The standard InChI is InChI=1S/C13H18N2O5S/c1-2-14-21(18,19)11-5-3-10(4-6-11)15-7-8-20-9-12(15)13(16)17/h3-6,12,14H,2,7-9H2,1H3,(H,16,17). The summed E-state index contributed by atoms with van der Waals surface area (Å²) in [6.45, 7) is 3.04. The second-order valence-electron chi connectivity index (χ2n) is 4.62. The SMILES string of the molecule is CCNS(=O)(=O)c1ccc(N2CCOCC2C(=O)O)cc1. The Labute approximate surface area is 123 Å². The van der Waals surface area contributed by atoms with Crippen LogP contribution in [0.5, 0.6) is 0 Å². The molecule has 2 rings (SSSR count). The molecule has 7 nitrogen and oxygen atoms in total. The average Bonchev–Trinajstić information content (AvgIpc) is 2.47. The molecule has 1 fully saturated rings. The van der Waals surface area contributed by atoms with Gasteiger partial charge in [0.1, 0.15) is 0 Å². The van der Waals surface area contributed by atoms with Crippen LogP contribution in [0.2, 0.25) is 0 Å². The Kier molecular flexibility index (Phi) is 4.81. The molecule has 0 aliphatic carbocycles. The molecule has 1 atom stereocenters. The summed E-state index contributed by atoms with van der Waals surface area (Å²) in [6.07, 6.45) is 0. The third kappa shape index (κ3) is 3.52. The van der Waals surface area contributed by atoms with Crippen molar-refractivity contribution in [2.45, 2.75) is 17.9 Å². The summed E-state index contributed by atoms with van der Waals surface area (Å²) in [6, 6.07) is 5.43. The molecule has 1 aliphatic heterocycles. The zero-order valence-corrected chi connectivity index (χ0v) is 12.5. The predicted octanol–water partition coefficient (Wildman–Crippen LogP) is 0.275. The van der Waals surface area contributed by atoms with Crippen molar-refractivity contribution in [3.8, 4) is 0 Å². The van der Waals surface area contributed by atoms with Crippen LogP contribution in [-0.2, 0) is 19.6 Å². The lowest BCUT2D eigenvalue weighted by Gasteiger charge is -2.34. The molecule has 21 heavy (non-hydrogen) atoms. The second kappa shape index (κ2) is 6.42. The van der Waals surface area contributed by atoms with E-state index >= 15 is 0 Å². The number of carbonyl (C=O) groups is 1. The van der Waals surface area contributed by atoms with E-state index < -0.39 is 22.0 Å². The molecule has 0 saturated carbocycles. The Bertz CT molecular complexity index is 599. The van der Waals surface area contributed by atoms with E-state index in [1.807, 2.05) is 0 Å². The third-order valence-electron chi connectivity index (χ3n) is 3.23. The molecule has 0 radical (unpaired) electrons. The maximum Gasteiger partial charge on any atom is 0.328 e. The molecule has 1 saturated heterocycles. The highest BCUT2D eigenvalue weighted by atomic mass is 32.2. The lowest BCUT2D eigenvalue weighted by molar-refractivity contribution is -0.141. The highest BCUT2D eigenvalue weighted by Gasteiger charge is 2.29. The largest absolute Gasteiger partial charge is 0.480 e. The zero-order chi connectivity index (χ0) is 15.5. The number of aliphatic carboxylic acids is 1. The van der Waals surface area contributed by atoms with E-state index in [-0.39, 0.29) is 11.5 Å². The van der Waals surface area contributed by atoms with Gasteiger partial charge in [-0.05, 0) is 24.3 Å².